The molecule has 228 valence electrons. The van der Waals surface area contributed by atoms with E-state index in [1.807, 2.05) is 37.3 Å². The van der Waals surface area contributed by atoms with E-state index in [0.29, 0.717) is 34.2 Å². The van der Waals surface area contributed by atoms with Gasteiger partial charge in [-0.2, -0.15) is 0 Å². The summed E-state index contributed by atoms with van der Waals surface area (Å²) in [6.45, 7) is 12.1. The van der Waals surface area contributed by atoms with E-state index in [1.54, 1.807) is 24.6 Å². The summed E-state index contributed by atoms with van der Waals surface area (Å²) in [5, 5.41) is 3.00. The third kappa shape index (κ3) is 8.14. The first-order valence-corrected chi connectivity index (χ1v) is 15.7. The normalized spacial score (nSPS) is 16.3. The Labute approximate surface area is 250 Å². The van der Waals surface area contributed by atoms with Crippen molar-refractivity contribution in [2.45, 2.75) is 39.7 Å². The third-order valence-corrected chi connectivity index (χ3v) is 8.23. The Kier molecular flexibility index (Phi) is 10.0. The molecule has 0 bridgehead atoms. The van der Waals surface area contributed by atoms with Crippen LogP contribution in [0, 0.1) is 6.92 Å². The lowest BCUT2D eigenvalue weighted by Crippen LogP contribution is -2.35. The van der Waals surface area contributed by atoms with Crippen LogP contribution < -0.4 is 19.5 Å². The van der Waals surface area contributed by atoms with Crippen molar-refractivity contribution >= 4 is 28.1 Å². The van der Waals surface area contributed by atoms with Gasteiger partial charge in [0, 0.05) is 43.7 Å². The van der Waals surface area contributed by atoms with Gasteiger partial charge < -0.3 is 19.5 Å². The van der Waals surface area contributed by atoms with Crippen LogP contribution in [0.25, 0.3) is 0 Å². The number of nitrogens with one attached hydrogen (secondary N) is 2. The molecule has 1 unspecified atom stereocenters. The molecular formula is C31H42N4O6S. The van der Waals surface area contributed by atoms with Crippen LogP contribution >= 0.6 is 10.8 Å². The lowest BCUT2D eigenvalue weighted by atomic mass is 9.86. The van der Waals surface area contributed by atoms with Crippen LogP contribution in [0.4, 0.5) is 11.4 Å². The van der Waals surface area contributed by atoms with Gasteiger partial charge in [-0.1, -0.05) is 26.8 Å². The number of aromatic nitrogens is 1. The summed E-state index contributed by atoms with van der Waals surface area (Å²) in [7, 11) is 0.359. The zero-order valence-electron chi connectivity index (χ0n) is 25.4. The summed E-state index contributed by atoms with van der Waals surface area (Å²) in [6.07, 6.45) is 3.30. The van der Waals surface area contributed by atoms with Crippen LogP contribution in [0.2, 0.25) is 0 Å². The van der Waals surface area contributed by atoms with Crippen molar-refractivity contribution in [2.75, 3.05) is 56.8 Å². The second-order valence-electron chi connectivity index (χ2n) is 11.3. The minimum absolute atomic E-state index is 0.244. The molecule has 0 aliphatic carbocycles. The molecule has 1 atom stereocenters. The molecule has 3 N–H and O–H groups in total. The van der Waals surface area contributed by atoms with Crippen molar-refractivity contribution in [3.63, 3.8) is 0 Å². The van der Waals surface area contributed by atoms with Crippen molar-refractivity contribution in [1.82, 2.24) is 9.88 Å². The Balaban J connectivity index is 1.58. The van der Waals surface area contributed by atoms with Crippen LogP contribution in [0.15, 0.2) is 48.7 Å². The van der Waals surface area contributed by atoms with Gasteiger partial charge in [0.25, 0.3) is 5.91 Å². The monoisotopic (exact) mass is 598 g/mol. The van der Waals surface area contributed by atoms with E-state index < -0.39 is 10.8 Å². The topological polar surface area (TPSA) is 114 Å². The standard InChI is InChI=1S/C31H42N4O6S/c1-21-8-9-22(16-28(21)41-25-10-11-32-24(19-25)20-35-12-14-40-15-13-35)30(36)33-26-17-23(31(2,3)4)18-27(29(26)38-5)34-42(7,37)39-6/h8-11,16-19,34,37H,12-15,20H2,1-7H3,(H,33,36). The fourth-order valence-electron chi connectivity index (χ4n) is 4.46. The summed E-state index contributed by atoms with van der Waals surface area (Å²) >= 11 is 0. The molecule has 4 rings (SSSR count). The summed E-state index contributed by atoms with van der Waals surface area (Å²) < 4.78 is 36.2. The average molecular weight is 599 g/mol. The first-order valence-electron chi connectivity index (χ1n) is 13.8. The number of amides is 1. The van der Waals surface area contributed by atoms with Gasteiger partial charge in [0.05, 0.1) is 44.5 Å². The van der Waals surface area contributed by atoms with Gasteiger partial charge in [0.1, 0.15) is 11.5 Å². The molecule has 0 radical (unpaired) electrons. The Morgan fingerprint density at radius 2 is 1.81 bits per heavy atom. The zero-order chi connectivity index (χ0) is 30.5. The Bertz CT molecular complexity index is 1400. The number of nitrogens with zero attached hydrogens (tertiary/aromatic N) is 2. The fourth-order valence-corrected chi connectivity index (χ4v) is 5.11. The summed E-state index contributed by atoms with van der Waals surface area (Å²) in [6, 6.07) is 12.9. The van der Waals surface area contributed by atoms with Gasteiger partial charge in [-0.15, -0.1) is 10.8 Å². The van der Waals surface area contributed by atoms with Crippen molar-refractivity contribution < 1.29 is 27.7 Å². The van der Waals surface area contributed by atoms with E-state index in [9.17, 15) is 9.35 Å². The molecule has 1 aliphatic heterocycles. The Morgan fingerprint density at radius 1 is 1.10 bits per heavy atom. The molecule has 1 aromatic heterocycles. The molecule has 11 heteroatoms. The minimum atomic E-state index is -2.59. The number of carbonyl (C=O) groups excluding carboxylic acids is 1. The first-order chi connectivity index (χ1) is 19.9. The molecule has 3 aromatic rings. The number of benzene rings is 2. The molecule has 10 nitrogen and oxygen atoms in total. The Hall–Kier alpha value is -3.35. The van der Waals surface area contributed by atoms with Crippen molar-refractivity contribution in [3.05, 3.63) is 71.0 Å². The van der Waals surface area contributed by atoms with Crippen LogP contribution in [0.5, 0.6) is 17.2 Å². The lowest BCUT2D eigenvalue weighted by Gasteiger charge is -2.35. The van der Waals surface area contributed by atoms with E-state index >= 15 is 0 Å². The molecule has 1 aliphatic rings. The van der Waals surface area contributed by atoms with E-state index in [-0.39, 0.29) is 11.3 Å². The maximum absolute atomic E-state index is 13.6. The van der Waals surface area contributed by atoms with Gasteiger partial charge in [0.2, 0.25) is 0 Å². The van der Waals surface area contributed by atoms with Crippen molar-refractivity contribution in [1.29, 1.82) is 0 Å². The fraction of sp³-hybridized carbons (Fsp3) is 0.419. The average Bonchev–Trinajstić information content (AvgIpc) is 2.94. The number of methoxy groups -OCH3 is 1. The van der Waals surface area contributed by atoms with E-state index in [1.165, 1.54) is 14.2 Å². The lowest BCUT2D eigenvalue weighted by molar-refractivity contribution is 0.0336. The predicted octanol–water partition coefficient (Wildman–Crippen LogP) is 6.37. The minimum Gasteiger partial charge on any atom is -0.492 e. The highest BCUT2D eigenvalue weighted by Gasteiger charge is 2.23. The number of morpholine rings is 1. The van der Waals surface area contributed by atoms with E-state index in [4.69, 9.17) is 18.4 Å². The first kappa shape index (κ1) is 31.6. The van der Waals surface area contributed by atoms with Gasteiger partial charge >= 0.3 is 0 Å². The molecule has 1 saturated heterocycles. The molecule has 0 saturated carbocycles. The van der Waals surface area contributed by atoms with Gasteiger partial charge in [-0.3, -0.25) is 28.1 Å². The largest absolute Gasteiger partial charge is 0.492 e. The van der Waals surface area contributed by atoms with Crippen LogP contribution in [-0.2, 0) is 20.9 Å². The smallest absolute Gasteiger partial charge is 0.255 e. The number of carbonyl (C=O) groups is 1. The second-order valence-corrected chi connectivity index (χ2v) is 13.5. The summed E-state index contributed by atoms with van der Waals surface area (Å²) in [4.78, 5) is 20.3. The Morgan fingerprint density at radius 3 is 2.48 bits per heavy atom. The molecule has 2 heterocycles. The SMILES string of the molecule is COc1c(NC(=O)c2ccc(C)c(Oc3ccnc(CN4CCOCC4)c3)c2)cc(C(C)(C)C)cc1NS(C)(O)OC. The van der Waals surface area contributed by atoms with Crippen molar-refractivity contribution in [3.8, 4) is 17.2 Å². The van der Waals surface area contributed by atoms with Crippen LogP contribution in [0.3, 0.4) is 0 Å². The van der Waals surface area contributed by atoms with Crippen LogP contribution in [-0.4, -0.2) is 67.1 Å². The second kappa shape index (κ2) is 13.3. The highest BCUT2D eigenvalue weighted by atomic mass is 32.3. The summed E-state index contributed by atoms with van der Waals surface area (Å²) in [5.41, 5.74) is 3.89. The van der Waals surface area contributed by atoms with E-state index in [2.05, 4.69) is 40.7 Å². The number of hydrogen-bond acceptors (Lipinski definition) is 9. The quantitative estimate of drug-likeness (QED) is 0.245. The maximum atomic E-state index is 13.6. The molecule has 1 amide bonds. The number of rotatable bonds is 10. The highest BCUT2D eigenvalue weighted by Crippen LogP contribution is 2.46. The maximum Gasteiger partial charge on any atom is 0.255 e. The number of ether oxygens (including phenoxy) is 3. The molecule has 2 aromatic carbocycles. The van der Waals surface area contributed by atoms with Gasteiger partial charge in [0.15, 0.2) is 5.75 Å². The van der Waals surface area contributed by atoms with Gasteiger partial charge in [-0.25, -0.2) is 0 Å². The molecule has 1 fully saturated rings. The predicted molar refractivity (Wildman–Crippen MR) is 168 cm³/mol. The number of pyridine rings is 1. The summed E-state index contributed by atoms with van der Waals surface area (Å²) in [5.74, 6) is 1.28. The number of aryl methyl sites for hydroxylation is 1. The zero-order valence-corrected chi connectivity index (χ0v) is 26.3. The number of hydrogen-bond donors (Lipinski definition) is 3. The molecular weight excluding hydrogens is 556 g/mol. The van der Waals surface area contributed by atoms with Gasteiger partial charge in [-0.05, 0) is 53.8 Å². The van der Waals surface area contributed by atoms with Crippen LogP contribution in [0.1, 0.15) is 48.0 Å². The van der Waals surface area contributed by atoms with E-state index in [0.717, 1.165) is 49.7 Å². The third-order valence-electron chi connectivity index (χ3n) is 6.99. The molecule has 0 spiro atoms. The highest BCUT2D eigenvalue weighted by molar-refractivity contribution is 8.25. The van der Waals surface area contributed by atoms with Crippen molar-refractivity contribution in [2.24, 2.45) is 0 Å². The number of anilines is 2. The molecule has 42 heavy (non-hydrogen) atoms.